The molecule has 0 spiro atoms. The van der Waals surface area contributed by atoms with E-state index in [4.69, 9.17) is 9.47 Å². The van der Waals surface area contributed by atoms with Crippen molar-refractivity contribution in [3.8, 4) is 0 Å². The lowest BCUT2D eigenvalue weighted by Gasteiger charge is -2.44. The van der Waals surface area contributed by atoms with Crippen molar-refractivity contribution in [3.05, 3.63) is 66.2 Å². The summed E-state index contributed by atoms with van der Waals surface area (Å²) in [5.74, 6) is -0.0688. The predicted molar refractivity (Wildman–Crippen MR) is 128 cm³/mol. The minimum Gasteiger partial charge on any atom is -0.389 e. The standard InChI is InChI=1S/C26H33N3O5/c1-18(19-8-4-2-5-9-19)27-25(31)14-22-12-13-23-24(34-22)17-33-16-21(30)15-29(23)26(32)28-20-10-6-3-7-11-20/h2-11,18,21-24,30H,12-17H2,1H3,(H,27,31)(H,28,32)/t18-,21-,22-,23+,24-/m1/s1. The molecule has 0 saturated carbocycles. The van der Waals surface area contributed by atoms with Crippen LogP contribution in [0.1, 0.15) is 37.8 Å². The van der Waals surface area contributed by atoms with Crippen LogP contribution in [0.5, 0.6) is 0 Å². The maximum atomic E-state index is 13.1. The Morgan fingerprint density at radius 2 is 1.76 bits per heavy atom. The van der Waals surface area contributed by atoms with Gasteiger partial charge in [-0.2, -0.15) is 0 Å². The van der Waals surface area contributed by atoms with Crippen LogP contribution in [-0.2, 0) is 14.3 Å². The molecular formula is C26H33N3O5. The Morgan fingerprint density at radius 1 is 1.06 bits per heavy atom. The van der Waals surface area contributed by atoms with Crippen LogP contribution in [0.3, 0.4) is 0 Å². The first-order valence-electron chi connectivity index (χ1n) is 11.9. The van der Waals surface area contributed by atoms with E-state index in [-0.39, 0.29) is 62.4 Å². The lowest BCUT2D eigenvalue weighted by Crippen LogP contribution is -2.58. The number of hydrogen-bond donors (Lipinski definition) is 3. The summed E-state index contributed by atoms with van der Waals surface area (Å²) in [7, 11) is 0. The lowest BCUT2D eigenvalue weighted by molar-refractivity contribution is -0.150. The van der Waals surface area contributed by atoms with Crippen LogP contribution in [0.15, 0.2) is 60.7 Å². The minimum absolute atomic E-state index is 0.0688. The van der Waals surface area contributed by atoms with Crippen LogP contribution in [0.25, 0.3) is 0 Å². The average molecular weight is 468 g/mol. The molecule has 8 nitrogen and oxygen atoms in total. The van der Waals surface area contributed by atoms with Crippen LogP contribution in [0, 0.1) is 0 Å². The number of carbonyl (C=O) groups is 2. The largest absolute Gasteiger partial charge is 0.389 e. The first-order valence-corrected chi connectivity index (χ1v) is 11.9. The van der Waals surface area contributed by atoms with Crippen molar-refractivity contribution in [1.29, 1.82) is 0 Å². The SMILES string of the molecule is C[C@@H](NC(=O)C[C@H]1CC[C@H]2[C@@H](COC[C@H](O)CN2C(=O)Nc2ccccc2)O1)c1ccccc1. The van der Waals surface area contributed by atoms with Gasteiger partial charge in [-0.3, -0.25) is 4.79 Å². The van der Waals surface area contributed by atoms with Gasteiger partial charge in [0.25, 0.3) is 0 Å². The molecule has 3 N–H and O–H groups in total. The van der Waals surface area contributed by atoms with E-state index >= 15 is 0 Å². The quantitative estimate of drug-likeness (QED) is 0.628. The second kappa shape index (κ2) is 11.5. The van der Waals surface area contributed by atoms with Crippen molar-refractivity contribution in [3.63, 3.8) is 0 Å². The van der Waals surface area contributed by atoms with Gasteiger partial charge in [0.2, 0.25) is 5.91 Å². The Bertz CT molecular complexity index is 942. The number of amides is 3. The highest BCUT2D eigenvalue weighted by atomic mass is 16.5. The number of para-hydroxylation sites is 1. The van der Waals surface area contributed by atoms with E-state index in [2.05, 4.69) is 10.6 Å². The van der Waals surface area contributed by atoms with Crippen molar-refractivity contribution in [2.45, 2.75) is 56.6 Å². The molecule has 2 aromatic carbocycles. The highest BCUT2D eigenvalue weighted by molar-refractivity contribution is 5.89. The Hall–Kier alpha value is -2.94. The van der Waals surface area contributed by atoms with E-state index < -0.39 is 6.10 Å². The van der Waals surface area contributed by atoms with Gasteiger partial charge in [-0.05, 0) is 37.5 Å². The summed E-state index contributed by atoms with van der Waals surface area (Å²) in [5, 5.41) is 16.2. The molecule has 4 rings (SSSR count). The van der Waals surface area contributed by atoms with Crippen LogP contribution >= 0.6 is 0 Å². The number of aliphatic hydroxyl groups is 1. The Balaban J connectivity index is 1.37. The molecule has 2 heterocycles. The average Bonchev–Trinajstić information content (AvgIpc) is 2.83. The van der Waals surface area contributed by atoms with Gasteiger partial charge in [0.15, 0.2) is 0 Å². The van der Waals surface area contributed by atoms with E-state index in [1.165, 1.54) is 0 Å². The number of nitrogens with one attached hydrogen (secondary N) is 2. The lowest BCUT2D eigenvalue weighted by atomic mass is 9.94. The van der Waals surface area contributed by atoms with E-state index in [9.17, 15) is 14.7 Å². The summed E-state index contributed by atoms with van der Waals surface area (Å²) in [6.45, 7) is 2.50. The van der Waals surface area contributed by atoms with E-state index in [1.807, 2.05) is 67.6 Å². The van der Waals surface area contributed by atoms with E-state index in [0.717, 1.165) is 5.56 Å². The fraction of sp³-hybridized carbons (Fsp3) is 0.462. The first-order chi connectivity index (χ1) is 16.5. The summed E-state index contributed by atoms with van der Waals surface area (Å²) in [5.41, 5.74) is 1.74. The third-order valence-electron chi connectivity index (χ3n) is 6.36. The third-order valence-corrected chi connectivity index (χ3v) is 6.36. The minimum atomic E-state index is -0.773. The number of carbonyl (C=O) groups excluding carboxylic acids is 2. The summed E-state index contributed by atoms with van der Waals surface area (Å²) >= 11 is 0. The molecule has 2 saturated heterocycles. The van der Waals surface area contributed by atoms with E-state index in [0.29, 0.717) is 18.5 Å². The fourth-order valence-electron chi connectivity index (χ4n) is 4.62. The van der Waals surface area contributed by atoms with Crippen LogP contribution in [0.4, 0.5) is 10.5 Å². The summed E-state index contributed by atoms with van der Waals surface area (Å²) in [6, 6.07) is 18.4. The topological polar surface area (TPSA) is 100 Å². The number of benzene rings is 2. The molecule has 2 fully saturated rings. The summed E-state index contributed by atoms with van der Waals surface area (Å²) in [6.07, 6.45) is 0.155. The molecule has 3 amide bonds. The normalized spacial score (nSPS) is 25.9. The van der Waals surface area contributed by atoms with Crippen molar-refractivity contribution in [2.24, 2.45) is 0 Å². The molecule has 0 unspecified atom stereocenters. The number of anilines is 1. The first kappa shape index (κ1) is 24.2. The Kier molecular flexibility index (Phi) is 8.16. The Morgan fingerprint density at radius 3 is 2.50 bits per heavy atom. The van der Waals surface area contributed by atoms with E-state index in [1.54, 1.807) is 4.90 Å². The van der Waals surface area contributed by atoms with Crippen LogP contribution in [0.2, 0.25) is 0 Å². The van der Waals surface area contributed by atoms with Gasteiger partial charge in [-0.1, -0.05) is 48.5 Å². The number of β-amino-alcohol motifs (C(OH)–C–C–N with tert-alkyl or cyclic N) is 1. The number of rotatable bonds is 5. The monoisotopic (exact) mass is 467 g/mol. The van der Waals surface area contributed by atoms with Gasteiger partial charge in [0, 0.05) is 5.69 Å². The molecule has 0 aromatic heterocycles. The zero-order valence-electron chi connectivity index (χ0n) is 19.4. The number of fused-ring (bicyclic) bond motifs is 1. The van der Waals surface area contributed by atoms with Gasteiger partial charge < -0.3 is 30.1 Å². The van der Waals surface area contributed by atoms with Crippen molar-refractivity contribution >= 4 is 17.6 Å². The highest BCUT2D eigenvalue weighted by Crippen LogP contribution is 2.28. The fourth-order valence-corrected chi connectivity index (χ4v) is 4.62. The molecule has 0 bridgehead atoms. The highest BCUT2D eigenvalue weighted by Gasteiger charge is 2.40. The smallest absolute Gasteiger partial charge is 0.322 e. The predicted octanol–water partition coefficient (Wildman–Crippen LogP) is 3.10. The van der Waals surface area contributed by atoms with Gasteiger partial charge in [-0.15, -0.1) is 0 Å². The second-order valence-electron chi connectivity index (χ2n) is 8.99. The molecule has 34 heavy (non-hydrogen) atoms. The Labute approximate surface area is 200 Å². The number of hydrogen-bond acceptors (Lipinski definition) is 5. The van der Waals surface area contributed by atoms with Gasteiger partial charge in [-0.25, -0.2) is 4.79 Å². The molecule has 2 aliphatic rings. The van der Waals surface area contributed by atoms with Gasteiger partial charge in [0.05, 0.1) is 50.5 Å². The van der Waals surface area contributed by atoms with Crippen molar-refractivity contribution in [1.82, 2.24) is 10.2 Å². The molecular weight excluding hydrogens is 434 g/mol. The molecule has 8 heteroatoms. The maximum Gasteiger partial charge on any atom is 0.322 e. The summed E-state index contributed by atoms with van der Waals surface area (Å²) in [4.78, 5) is 27.4. The molecule has 2 aromatic rings. The van der Waals surface area contributed by atoms with Crippen LogP contribution < -0.4 is 10.6 Å². The molecule has 0 radical (unpaired) electrons. The number of aliphatic hydroxyl groups excluding tert-OH is 1. The zero-order chi connectivity index (χ0) is 23.9. The summed E-state index contributed by atoms with van der Waals surface area (Å²) < 4.78 is 11.9. The number of ether oxygens (including phenoxy) is 2. The molecule has 182 valence electrons. The number of nitrogens with zero attached hydrogens (tertiary/aromatic N) is 1. The molecule has 2 aliphatic heterocycles. The van der Waals surface area contributed by atoms with Crippen molar-refractivity contribution in [2.75, 3.05) is 25.1 Å². The number of urea groups is 1. The maximum absolute atomic E-state index is 13.1. The second-order valence-corrected chi connectivity index (χ2v) is 8.99. The molecule has 0 aliphatic carbocycles. The van der Waals surface area contributed by atoms with Crippen LogP contribution in [-0.4, -0.2) is 66.1 Å². The zero-order valence-corrected chi connectivity index (χ0v) is 19.4. The van der Waals surface area contributed by atoms with Crippen molar-refractivity contribution < 1.29 is 24.2 Å². The van der Waals surface area contributed by atoms with Gasteiger partial charge >= 0.3 is 6.03 Å². The third kappa shape index (κ3) is 6.34. The molecule has 5 atom stereocenters. The van der Waals surface area contributed by atoms with Gasteiger partial charge in [0.1, 0.15) is 6.10 Å².